The largest absolute Gasteiger partial charge is 0.359 e. The van der Waals surface area contributed by atoms with Gasteiger partial charge in [0.05, 0.1) is 5.69 Å². The molecule has 3 N–H and O–H groups in total. The molecule has 6 nitrogen and oxygen atoms in total. The van der Waals surface area contributed by atoms with Crippen LogP contribution in [0.4, 0.5) is 20.6 Å². The summed E-state index contributed by atoms with van der Waals surface area (Å²) in [7, 11) is 0. The van der Waals surface area contributed by atoms with Gasteiger partial charge in [-0.15, -0.1) is 0 Å². The first-order valence-electron chi connectivity index (χ1n) is 9.11. The van der Waals surface area contributed by atoms with Crippen LogP contribution in [0, 0.1) is 5.82 Å². The van der Waals surface area contributed by atoms with Crippen LogP contribution in [0.1, 0.15) is 11.1 Å². The number of carbonyl (C=O) groups is 2. The molecule has 1 aliphatic rings. The number of urea groups is 1. The van der Waals surface area contributed by atoms with E-state index in [2.05, 4.69) is 10.6 Å². The lowest BCUT2D eigenvalue weighted by Gasteiger charge is -2.42. The number of benzene rings is 3. The number of nitrogens with zero attached hydrogens (tertiary/aromatic N) is 1. The molecule has 0 bridgehead atoms. The first-order valence-corrected chi connectivity index (χ1v) is 9.49. The number of amides is 3. The van der Waals surface area contributed by atoms with Gasteiger partial charge in [-0.25, -0.2) is 9.18 Å². The number of hydrogen-bond donors (Lipinski definition) is 3. The fourth-order valence-electron chi connectivity index (χ4n) is 3.36. The first-order chi connectivity index (χ1) is 14.4. The van der Waals surface area contributed by atoms with Crippen molar-refractivity contribution >= 4 is 34.9 Å². The summed E-state index contributed by atoms with van der Waals surface area (Å²) in [6.07, 6.45) is 0. The molecule has 3 amide bonds. The standard InChI is InChI=1S/C22H17ClFN3O3/c23-15-7-11-17(12-8-15)27-21(29)26-19-4-2-1-3-18(19)22(27,30)20(28)25-13-14-5-9-16(24)10-6-14/h1-12,30H,13H2,(H,25,28)(H,26,29)/t22-/m1/s1. The summed E-state index contributed by atoms with van der Waals surface area (Å²) in [6, 6.07) is 17.6. The summed E-state index contributed by atoms with van der Waals surface area (Å²) in [5.41, 5.74) is -0.846. The Kier molecular flexibility index (Phi) is 5.15. The average molecular weight is 426 g/mol. The number of fused-ring (bicyclic) bond motifs is 1. The molecule has 0 saturated heterocycles. The highest BCUT2D eigenvalue weighted by Gasteiger charge is 2.51. The highest BCUT2D eigenvalue weighted by molar-refractivity contribution is 6.30. The molecule has 1 aliphatic heterocycles. The van der Waals surface area contributed by atoms with Crippen LogP contribution in [0.2, 0.25) is 5.02 Å². The van der Waals surface area contributed by atoms with Crippen molar-refractivity contribution in [3.8, 4) is 0 Å². The topological polar surface area (TPSA) is 81.7 Å². The van der Waals surface area contributed by atoms with Crippen LogP contribution in [0.25, 0.3) is 0 Å². The summed E-state index contributed by atoms with van der Waals surface area (Å²) in [6.45, 7) is 0.0413. The van der Waals surface area contributed by atoms with Crippen LogP contribution in [0.5, 0.6) is 0 Å². The van der Waals surface area contributed by atoms with Crippen LogP contribution >= 0.6 is 11.6 Å². The Hall–Kier alpha value is -3.42. The maximum absolute atomic E-state index is 13.2. The van der Waals surface area contributed by atoms with E-state index >= 15 is 0 Å². The van der Waals surface area contributed by atoms with E-state index in [-0.39, 0.29) is 17.8 Å². The quantitative estimate of drug-likeness (QED) is 0.591. The summed E-state index contributed by atoms with van der Waals surface area (Å²) in [4.78, 5) is 27.1. The highest BCUT2D eigenvalue weighted by atomic mass is 35.5. The fourth-order valence-corrected chi connectivity index (χ4v) is 3.49. The van der Waals surface area contributed by atoms with Gasteiger partial charge >= 0.3 is 6.03 Å². The third-order valence-corrected chi connectivity index (χ3v) is 5.09. The number of hydrogen-bond acceptors (Lipinski definition) is 3. The van der Waals surface area contributed by atoms with Gasteiger partial charge in [0.1, 0.15) is 5.82 Å². The lowest BCUT2D eigenvalue weighted by atomic mass is 9.94. The number of carbonyl (C=O) groups excluding carboxylic acids is 2. The van der Waals surface area contributed by atoms with Gasteiger partial charge in [-0.2, -0.15) is 0 Å². The lowest BCUT2D eigenvalue weighted by Crippen LogP contribution is -2.62. The molecule has 0 unspecified atom stereocenters. The monoisotopic (exact) mass is 425 g/mol. The molecule has 0 spiro atoms. The van der Waals surface area contributed by atoms with Gasteiger partial charge in [0.25, 0.3) is 11.6 Å². The van der Waals surface area contributed by atoms with Crippen molar-refractivity contribution in [3.63, 3.8) is 0 Å². The van der Waals surface area contributed by atoms with Crippen molar-refractivity contribution in [1.29, 1.82) is 0 Å². The molecule has 0 radical (unpaired) electrons. The molecule has 0 aliphatic carbocycles. The molecule has 3 aromatic carbocycles. The number of nitrogens with one attached hydrogen (secondary N) is 2. The van der Waals surface area contributed by atoms with E-state index in [9.17, 15) is 19.1 Å². The van der Waals surface area contributed by atoms with E-state index in [4.69, 9.17) is 11.6 Å². The molecule has 3 aromatic rings. The second-order valence-corrected chi connectivity index (χ2v) is 7.21. The number of halogens is 2. The van der Waals surface area contributed by atoms with Gasteiger partial charge < -0.3 is 15.7 Å². The Labute approximate surface area is 176 Å². The zero-order chi connectivity index (χ0) is 21.3. The number of anilines is 2. The molecule has 30 heavy (non-hydrogen) atoms. The van der Waals surface area contributed by atoms with Gasteiger partial charge in [-0.05, 0) is 48.0 Å². The van der Waals surface area contributed by atoms with Gasteiger partial charge in [0.15, 0.2) is 0 Å². The minimum Gasteiger partial charge on any atom is -0.359 e. The lowest BCUT2D eigenvalue weighted by molar-refractivity contribution is -0.140. The van der Waals surface area contributed by atoms with Crippen molar-refractivity contribution in [1.82, 2.24) is 5.32 Å². The SMILES string of the molecule is O=C1Nc2ccccc2[C@@](O)(C(=O)NCc2ccc(F)cc2)N1c1ccc(Cl)cc1. The Balaban J connectivity index is 1.74. The van der Waals surface area contributed by atoms with E-state index in [1.807, 2.05) is 0 Å². The van der Waals surface area contributed by atoms with Gasteiger partial charge in [-0.3, -0.25) is 9.69 Å². The van der Waals surface area contributed by atoms with Crippen LogP contribution in [-0.2, 0) is 17.1 Å². The maximum Gasteiger partial charge on any atom is 0.329 e. The first kappa shape index (κ1) is 19.9. The van der Waals surface area contributed by atoms with Gasteiger partial charge in [-0.1, -0.05) is 41.9 Å². The van der Waals surface area contributed by atoms with E-state index in [0.29, 0.717) is 16.3 Å². The van der Waals surface area contributed by atoms with Crippen molar-refractivity contribution in [2.75, 3.05) is 10.2 Å². The predicted molar refractivity (Wildman–Crippen MR) is 112 cm³/mol. The number of rotatable bonds is 4. The van der Waals surface area contributed by atoms with Crippen molar-refractivity contribution in [2.45, 2.75) is 12.3 Å². The Morgan fingerprint density at radius 3 is 2.43 bits per heavy atom. The van der Waals surface area contributed by atoms with Crippen molar-refractivity contribution < 1.29 is 19.1 Å². The van der Waals surface area contributed by atoms with Gasteiger partial charge in [0, 0.05) is 22.8 Å². The zero-order valence-electron chi connectivity index (χ0n) is 15.6. The smallest absolute Gasteiger partial charge is 0.329 e. The number of aliphatic hydroxyl groups is 1. The molecular weight excluding hydrogens is 409 g/mol. The Morgan fingerprint density at radius 2 is 1.73 bits per heavy atom. The predicted octanol–water partition coefficient (Wildman–Crippen LogP) is 3.99. The molecule has 0 fully saturated rings. The molecule has 0 saturated carbocycles. The normalized spacial score (nSPS) is 17.8. The second kappa shape index (κ2) is 7.78. The maximum atomic E-state index is 13.2. The molecule has 1 atom stereocenters. The molecular formula is C22H17ClFN3O3. The minimum atomic E-state index is -2.31. The van der Waals surface area contributed by atoms with Crippen molar-refractivity contribution in [2.24, 2.45) is 0 Å². The number of para-hydroxylation sites is 1. The van der Waals surface area contributed by atoms with Gasteiger partial charge in [0.2, 0.25) is 0 Å². The van der Waals surface area contributed by atoms with E-state index in [1.165, 1.54) is 36.4 Å². The van der Waals surface area contributed by atoms with Crippen LogP contribution in [0.15, 0.2) is 72.8 Å². The Bertz CT molecular complexity index is 1110. The summed E-state index contributed by atoms with van der Waals surface area (Å²) in [5.74, 6) is -1.19. The molecule has 1 heterocycles. The zero-order valence-corrected chi connectivity index (χ0v) is 16.4. The summed E-state index contributed by atoms with van der Waals surface area (Å²) >= 11 is 5.94. The third kappa shape index (κ3) is 3.49. The summed E-state index contributed by atoms with van der Waals surface area (Å²) < 4.78 is 13.1. The average Bonchev–Trinajstić information content (AvgIpc) is 2.74. The van der Waals surface area contributed by atoms with E-state index in [0.717, 1.165) is 4.90 Å². The van der Waals surface area contributed by atoms with Crippen LogP contribution in [0.3, 0.4) is 0 Å². The second-order valence-electron chi connectivity index (χ2n) is 6.77. The molecule has 152 valence electrons. The van der Waals surface area contributed by atoms with Crippen LogP contribution in [-0.4, -0.2) is 17.0 Å². The van der Waals surface area contributed by atoms with Crippen LogP contribution < -0.4 is 15.5 Å². The van der Waals surface area contributed by atoms with Crippen molar-refractivity contribution in [3.05, 3.63) is 94.8 Å². The summed E-state index contributed by atoms with van der Waals surface area (Å²) in [5, 5.41) is 17.4. The molecule has 4 rings (SSSR count). The van der Waals surface area contributed by atoms with E-state index < -0.39 is 23.5 Å². The van der Waals surface area contributed by atoms with E-state index in [1.54, 1.807) is 36.4 Å². The molecule has 0 aromatic heterocycles. The highest BCUT2D eigenvalue weighted by Crippen LogP contribution is 2.39. The Morgan fingerprint density at radius 1 is 1.07 bits per heavy atom. The third-order valence-electron chi connectivity index (χ3n) is 4.84. The molecule has 8 heteroatoms. The minimum absolute atomic E-state index is 0.0413. The fraction of sp³-hybridized carbons (Fsp3) is 0.0909.